The van der Waals surface area contributed by atoms with Crippen molar-refractivity contribution in [3.05, 3.63) is 21.8 Å². The minimum absolute atomic E-state index is 0.0770. The molecule has 1 saturated carbocycles. The van der Waals surface area contributed by atoms with Crippen LogP contribution in [0.3, 0.4) is 0 Å². The fourth-order valence-corrected chi connectivity index (χ4v) is 3.15. The number of anilines is 1. The number of halogens is 1. The van der Waals surface area contributed by atoms with E-state index in [0.29, 0.717) is 43.0 Å². The summed E-state index contributed by atoms with van der Waals surface area (Å²) in [4.78, 5) is 19.8. The zero-order valence-electron chi connectivity index (χ0n) is 12.8. The number of amides is 1. The normalized spacial score (nSPS) is 18.3. The molecule has 0 N–H and O–H groups in total. The quantitative estimate of drug-likeness (QED) is 0.775. The first-order valence-electron chi connectivity index (χ1n) is 7.59. The Labute approximate surface area is 139 Å². The van der Waals surface area contributed by atoms with E-state index in [-0.39, 0.29) is 17.0 Å². The first kappa shape index (κ1) is 15.6. The highest BCUT2D eigenvalue weighted by Gasteiger charge is 2.34. The van der Waals surface area contributed by atoms with Crippen LogP contribution < -0.4 is 4.90 Å². The van der Waals surface area contributed by atoms with Gasteiger partial charge in [-0.2, -0.15) is 10.5 Å². The molecule has 0 bridgehead atoms. The Morgan fingerprint density at radius 1 is 1.17 bits per heavy atom. The van der Waals surface area contributed by atoms with Gasteiger partial charge < -0.3 is 9.80 Å². The molecule has 6 nitrogen and oxygen atoms in total. The summed E-state index contributed by atoms with van der Waals surface area (Å²) >= 11 is 6.21. The SMILES string of the molecule is CN1CCN(c2nc(Cl)c(C#N)c(C3CC3)c2C#N)CCC1=O. The third-order valence-electron chi connectivity index (χ3n) is 4.41. The van der Waals surface area contributed by atoms with Crippen molar-refractivity contribution in [2.45, 2.75) is 25.2 Å². The lowest BCUT2D eigenvalue weighted by Gasteiger charge is -2.24. The Bertz CT molecular complexity index is 744. The lowest BCUT2D eigenvalue weighted by atomic mass is 9.99. The van der Waals surface area contributed by atoms with E-state index in [4.69, 9.17) is 11.6 Å². The number of carbonyl (C=O) groups is 1. The van der Waals surface area contributed by atoms with Crippen LogP contribution >= 0.6 is 11.6 Å². The molecule has 0 spiro atoms. The van der Waals surface area contributed by atoms with E-state index in [1.54, 1.807) is 11.9 Å². The topological polar surface area (TPSA) is 84.0 Å². The van der Waals surface area contributed by atoms with Crippen LogP contribution in [0.4, 0.5) is 5.82 Å². The lowest BCUT2D eigenvalue weighted by molar-refractivity contribution is -0.129. The average molecular weight is 330 g/mol. The number of nitriles is 2. The molecule has 0 radical (unpaired) electrons. The largest absolute Gasteiger partial charge is 0.353 e. The first-order chi connectivity index (χ1) is 11.1. The Morgan fingerprint density at radius 2 is 1.87 bits per heavy atom. The third-order valence-corrected chi connectivity index (χ3v) is 4.68. The standard InChI is InChI=1S/C16H16ClN5O/c1-21-6-7-22(5-4-13(21)23)16-12(9-19)14(10-2-3-10)11(8-18)15(17)20-16/h10H,2-7H2,1H3. The van der Waals surface area contributed by atoms with E-state index in [9.17, 15) is 15.3 Å². The first-order valence-corrected chi connectivity index (χ1v) is 7.97. The molecule has 0 aromatic carbocycles. The molecule has 2 aliphatic rings. The molecule has 118 valence electrons. The highest BCUT2D eigenvalue weighted by Crippen LogP contribution is 2.46. The number of aromatic nitrogens is 1. The Kier molecular flexibility index (Phi) is 4.11. The molecular formula is C16H16ClN5O. The van der Waals surface area contributed by atoms with Gasteiger partial charge in [0.05, 0.1) is 11.1 Å². The number of hydrogen-bond donors (Lipinski definition) is 0. The summed E-state index contributed by atoms with van der Waals surface area (Å²) in [6, 6.07) is 4.31. The van der Waals surface area contributed by atoms with E-state index in [1.807, 2.05) is 4.90 Å². The molecule has 1 aliphatic heterocycles. The zero-order chi connectivity index (χ0) is 16.6. The maximum absolute atomic E-state index is 11.8. The van der Waals surface area contributed by atoms with Gasteiger partial charge in [0, 0.05) is 33.1 Å². The third kappa shape index (κ3) is 2.83. The Hall–Kier alpha value is -2.31. The molecule has 1 amide bonds. The van der Waals surface area contributed by atoms with Gasteiger partial charge in [-0.25, -0.2) is 4.98 Å². The molecule has 0 unspecified atom stereocenters. The maximum atomic E-state index is 11.8. The van der Waals surface area contributed by atoms with Crippen molar-refractivity contribution in [2.24, 2.45) is 0 Å². The Balaban J connectivity index is 2.08. The van der Waals surface area contributed by atoms with Crippen LogP contribution in [-0.2, 0) is 4.79 Å². The second-order valence-electron chi connectivity index (χ2n) is 5.94. The molecule has 7 heteroatoms. The Morgan fingerprint density at radius 3 is 2.48 bits per heavy atom. The summed E-state index contributed by atoms with van der Waals surface area (Å²) in [5.41, 5.74) is 1.48. The van der Waals surface area contributed by atoms with Crippen LogP contribution in [0.5, 0.6) is 0 Å². The molecule has 2 fully saturated rings. The van der Waals surface area contributed by atoms with Crippen LogP contribution in [0.1, 0.15) is 41.9 Å². The van der Waals surface area contributed by atoms with Crippen LogP contribution in [0.15, 0.2) is 0 Å². The fraction of sp³-hybridized carbons (Fsp3) is 0.500. The minimum atomic E-state index is 0.0770. The minimum Gasteiger partial charge on any atom is -0.353 e. The average Bonchev–Trinajstić information content (AvgIpc) is 3.38. The molecule has 1 aromatic heterocycles. The van der Waals surface area contributed by atoms with Gasteiger partial charge in [0.1, 0.15) is 23.1 Å². The van der Waals surface area contributed by atoms with Crippen molar-refractivity contribution < 1.29 is 4.79 Å². The lowest BCUT2D eigenvalue weighted by Crippen LogP contribution is -2.31. The van der Waals surface area contributed by atoms with Crippen molar-refractivity contribution in [1.29, 1.82) is 10.5 Å². The summed E-state index contributed by atoms with van der Waals surface area (Å²) < 4.78 is 0. The predicted molar refractivity (Wildman–Crippen MR) is 85.1 cm³/mol. The number of rotatable bonds is 2. The summed E-state index contributed by atoms with van der Waals surface area (Å²) in [6.07, 6.45) is 2.30. The van der Waals surface area contributed by atoms with Gasteiger partial charge in [0.2, 0.25) is 5.91 Å². The van der Waals surface area contributed by atoms with E-state index in [2.05, 4.69) is 17.1 Å². The summed E-state index contributed by atoms with van der Waals surface area (Å²) in [5, 5.41) is 19.2. The van der Waals surface area contributed by atoms with Crippen molar-refractivity contribution in [2.75, 3.05) is 31.6 Å². The van der Waals surface area contributed by atoms with Crippen LogP contribution in [0, 0.1) is 22.7 Å². The van der Waals surface area contributed by atoms with Crippen LogP contribution in [0.25, 0.3) is 0 Å². The second-order valence-corrected chi connectivity index (χ2v) is 6.30. The van der Waals surface area contributed by atoms with Gasteiger partial charge in [-0.3, -0.25) is 4.79 Å². The highest BCUT2D eigenvalue weighted by atomic mass is 35.5. The van der Waals surface area contributed by atoms with Crippen molar-refractivity contribution >= 4 is 23.3 Å². The molecular weight excluding hydrogens is 314 g/mol. The summed E-state index contributed by atoms with van der Waals surface area (Å²) in [6.45, 7) is 1.66. The molecule has 0 atom stereocenters. The van der Waals surface area contributed by atoms with E-state index < -0.39 is 0 Å². The number of pyridine rings is 1. The van der Waals surface area contributed by atoms with Gasteiger partial charge in [-0.05, 0) is 24.3 Å². The van der Waals surface area contributed by atoms with Gasteiger partial charge >= 0.3 is 0 Å². The van der Waals surface area contributed by atoms with Crippen LogP contribution in [0.2, 0.25) is 5.15 Å². The highest BCUT2D eigenvalue weighted by molar-refractivity contribution is 6.30. The van der Waals surface area contributed by atoms with E-state index in [0.717, 1.165) is 18.4 Å². The number of likely N-dealkylation sites (N-methyl/N-ethyl adjacent to an activating group) is 1. The number of nitrogens with zero attached hydrogens (tertiary/aromatic N) is 5. The molecule has 1 saturated heterocycles. The number of hydrogen-bond acceptors (Lipinski definition) is 5. The molecule has 1 aliphatic carbocycles. The summed E-state index contributed by atoms with van der Waals surface area (Å²) in [7, 11) is 1.77. The predicted octanol–water partition coefficient (Wildman–Crippen LogP) is 2.02. The molecule has 1 aromatic rings. The molecule has 2 heterocycles. The van der Waals surface area contributed by atoms with E-state index >= 15 is 0 Å². The maximum Gasteiger partial charge on any atom is 0.224 e. The number of carbonyl (C=O) groups excluding carboxylic acids is 1. The van der Waals surface area contributed by atoms with E-state index in [1.165, 1.54) is 0 Å². The monoisotopic (exact) mass is 329 g/mol. The zero-order valence-corrected chi connectivity index (χ0v) is 13.6. The fourth-order valence-electron chi connectivity index (χ4n) is 2.93. The van der Waals surface area contributed by atoms with Crippen LogP contribution in [-0.4, -0.2) is 42.5 Å². The van der Waals surface area contributed by atoms with Gasteiger partial charge in [-0.1, -0.05) is 11.6 Å². The van der Waals surface area contributed by atoms with Gasteiger partial charge in [0.25, 0.3) is 0 Å². The van der Waals surface area contributed by atoms with Crippen molar-refractivity contribution in [3.8, 4) is 12.1 Å². The second kappa shape index (κ2) is 6.06. The summed E-state index contributed by atoms with van der Waals surface area (Å²) in [5.74, 6) is 0.796. The smallest absolute Gasteiger partial charge is 0.224 e. The molecule has 3 rings (SSSR count). The van der Waals surface area contributed by atoms with Crippen molar-refractivity contribution in [1.82, 2.24) is 9.88 Å². The molecule has 23 heavy (non-hydrogen) atoms. The van der Waals surface area contributed by atoms with Gasteiger partial charge in [0.15, 0.2) is 0 Å². The van der Waals surface area contributed by atoms with Crippen molar-refractivity contribution in [3.63, 3.8) is 0 Å². The van der Waals surface area contributed by atoms with Gasteiger partial charge in [-0.15, -0.1) is 0 Å².